The molecule has 24 N–H and O–H groups in total. The Morgan fingerprint density at radius 1 is 0.462 bits per heavy atom. The summed E-state index contributed by atoms with van der Waals surface area (Å²) in [6.45, 7) is 8.69. The zero-order valence-electron chi connectivity index (χ0n) is 54.2. The number of carboxylic acid groups (broad SMARTS) is 2. The molecule has 33 heteroatoms. The maximum absolute atomic E-state index is 14.5. The predicted octanol–water partition coefficient (Wildman–Crippen LogP) is -4.90. The molecule has 0 spiro atoms. The molecule has 0 bridgehead atoms. The largest absolute Gasteiger partial charge is 0.481 e. The van der Waals surface area contributed by atoms with Crippen molar-refractivity contribution < 1.29 is 82.4 Å². The number of nitrogens with two attached hydrogens (primary N) is 5. The Morgan fingerprint density at radius 3 is 1.35 bits per heavy atom. The molecule has 0 radical (unpaired) electrons. The molecule has 11 atom stereocenters. The highest BCUT2D eigenvalue weighted by Crippen LogP contribution is 2.15. The second-order valence-electron chi connectivity index (χ2n) is 23.4. The minimum absolute atomic E-state index is 0.0275. The van der Waals surface area contributed by atoms with Gasteiger partial charge in [-0.15, -0.1) is 0 Å². The molecule has 33 nitrogen and oxygen atoms in total. The van der Waals surface area contributed by atoms with Gasteiger partial charge in [-0.05, 0) is 114 Å². The number of nitrogens with one attached hydrogen (secondary N) is 11. The third-order valence-corrected chi connectivity index (χ3v) is 14.8. The molecule has 12 amide bonds. The van der Waals surface area contributed by atoms with Gasteiger partial charge in [0, 0.05) is 12.8 Å². The molecule has 1 aromatic rings. The Morgan fingerprint density at radius 2 is 0.892 bits per heavy atom. The van der Waals surface area contributed by atoms with Gasteiger partial charge in [0.2, 0.25) is 70.9 Å². The number of carbonyl (C=O) groups excluding carboxylic acids is 12. The van der Waals surface area contributed by atoms with Gasteiger partial charge in [-0.1, -0.05) is 78.3 Å². The number of benzene rings is 1. The summed E-state index contributed by atoms with van der Waals surface area (Å²) in [4.78, 5) is 186. The van der Waals surface area contributed by atoms with Crippen molar-refractivity contribution in [2.24, 2.45) is 46.4 Å². The number of aliphatic carboxylic acids is 2. The molecule has 0 heterocycles. The molecule has 524 valence electrons. The van der Waals surface area contributed by atoms with E-state index in [9.17, 15) is 77.3 Å². The zero-order valence-corrected chi connectivity index (χ0v) is 54.2. The number of amides is 12. The molecule has 93 heavy (non-hydrogen) atoms. The Balaban J connectivity index is 3.47. The summed E-state index contributed by atoms with van der Waals surface area (Å²) in [5.41, 5.74) is 28.4. The molecule has 0 unspecified atom stereocenters. The topological polar surface area (TPSA) is 562 Å². The Kier molecular flexibility index (Phi) is 40.0. The van der Waals surface area contributed by atoms with E-state index >= 15 is 0 Å². The maximum atomic E-state index is 14.5. The van der Waals surface area contributed by atoms with E-state index in [1.807, 2.05) is 0 Å². The molecule has 0 aliphatic heterocycles. The number of primary amides is 1. The van der Waals surface area contributed by atoms with Crippen LogP contribution in [-0.4, -0.2) is 198 Å². The maximum Gasteiger partial charge on any atom is 0.326 e. The summed E-state index contributed by atoms with van der Waals surface area (Å²) in [7, 11) is 0. The van der Waals surface area contributed by atoms with Gasteiger partial charge < -0.3 is 102 Å². The first-order chi connectivity index (χ1) is 44.0. The summed E-state index contributed by atoms with van der Waals surface area (Å²) >= 11 is 0. The van der Waals surface area contributed by atoms with Crippen LogP contribution in [0.25, 0.3) is 0 Å². The predicted molar refractivity (Wildman–Crippen MR) is 339 cm³/mol. The van der Waals surface area contributed by atoms with Gasteiger partial charge in [-0.3, -0.25) is 62.3 Å². The van der Waals surface area contributed by atoms with Crippen LogP contribution in [0.3, 0.4) is 0 Å². The van der Waals surface area contributed by atoms with Crippen LogP contribution in [0.5, 0.6) is 0 Å². The van der Waals surface area contributed by atoms with E-state index in [4.69, 9.17) is 33.8 Å². The van der Waals surface area contributed by atoms with E-state index in [0.717, 1.165) is 0 Å². The van der Waals surface area contributed by atoms with E-state index in [1.54, 1.807) is 71.9 Å². The van der Waals surface area contributed by atoms with Crippen molar-refractivity contribution in [3.8, 4) is 0 Å². The van der Waals surface area contributed by atoms with E-state index in [2.05, 4.69) is 58.5 Å². The van der Waals surface area contributed by atoms with Crippen molar-refractivity contribution in [2.75, 3.05) is 39.3 Å². The van der Waals surface area contributed by atoms with Crippen LogP contribution in [0.1, 0.15) is 137 Å². The van der Waals surface area contributed by atoms with Crippen molar-refractivity contribution in [3.63, 3.8) is 0 Å². The van der Waals surface area contributed by atoms with Gasteiger partial charge >= 0.3 is 11.9 Å². The smallest absolute Gasteiger partial charge is 0.326 e. The SMILES string of the molecule is CC[C@H](C)[C@H](NC(=O)[C@H](CCCCN)NC(=O)[C@H](CO)NC(=O)[C@H](CC(C)C)NC(=O)[C@@H](NC(=O)[C@H](CCCCN)NC(=O)CN)C(C)C)C(=O)N[C@@H](Cc1ccccc1)C(=O)NCC(=O)N[C@@H](CC(N)=O)C(=O)N[C@@H](CCCCN)C(=O)N[C@@H](CCC(=O)O)C(=O)O. The number of aliphatic hydroxyl groups is 1. The molecular formula is C60H102N16O17. The molecule has 0 aromatic heterocycles. The van der Waals surface area contributed by atoms with Gasteiger partial charge in [0.1, 0.15) is 60.4 Å². The van der Waals surface area contributed by atoms with Crippen LogP contribution in [0.4, 0.5) is 0 Å². The summed E-state index contributed by atoms with van der Waals surface area (Å²) in [6, 6.07) is -6.05. The molecule has 0 saturated heterocycles. The summed E-state index contributed by atoms with van der Waals surface area (Å²) < 4.78 is 0. The number of carbonyl (C=O) groups is 14. The number of hydrogen-bond donors (Lipinski definition) is 19. The van der Waals surface area contributed by atoms with Crippen molar-refractivity contribution in [2.45, 2.75) is 198 Å². The van der Waals surface area contributed by atoms with E-state index in [1.165, 1.54) is 0 Å². The number of rotatable bonds is 48. The standard InChI is InChI=1S/C60H102N16O17/c1-7-35(6)50(76-54(86)39(21-13-16-26-63)70-57(89)44(32-77)74-55(87)41(27-33(2)3)72-58(90)49(34(4)5)75-53(85)37(19-11-14-24-61)67-46(79)30-64)59(91)73-42(28-36-17-9-8-10-18-36)51(83)66-31-47(80)68-43(29-45(65)78)56(88)69-38(20-12-15-25-62)52(84)71-40(60(92)93)22-23-48(81)82/h8-10,17-18,33-35,37-44,49-50,77H,7,11-16,19-32,61-64H2,1-6H3,(H2,65,78)(H,66,83)(H,67,79)(H,68,80)(H,69,88)(H,70,89)(H,71,84)(H,72,90)(H,73,91)(H,74,87)(H,75,85)(H,76,86)(H,81,82)(H,92,93)/t35-,37-,38-,39-,40-,41-,42-,43-,44-,49-,50-/m0/s1. The van der Waals surface area contributed by atoms with Gasteiger partial charge in [0.15, 0.2) is 0 Å². The summed E-state index contributed by atoms with van der Waals surface area (Å²) in [5, 5.41) is 56.7. The summed E-state index contributed by atoms with van der Waals surface area (Å²) in [6.07, 6.45) is 0.582. The fourth-order valence-corrected chi connectivity index (χ4v) is 9.32. The zero-order chi connectivity index (χ0) is 70.3. The minimum Gasteiger partial charge on any atom is -0.481 e. The van der Waals surface area contributed by atoms with Crippen LogP contribution in [0.15, 0.2) is 30.3 Å². The molecular weight excluding hydrogens is 1220 g/mol. The molecule has 0 aliphatic rings. The first-order valence-corrected chi connectivity index (χ1v) is 31.4. The first kappa shape index (κ1) is 82.6. The summed E-state index contributed by atoms with van der Waals surface area (Å²) in [5.74, 6) is -15.2. The monoisotopic (exact) mass is 1320 g/mol. The van der Waals surface area contributed by atoms with E-state index < -0.39 is 187 Å². The van der Waals surface area contributed by atoms with Crippen LogP contribution < -0.4 is 87.2 Å². The molecule has 1 rings (SSSR count). The lowest BCUT2D eigenvalue weighted by Crippen LogP contribution is -2.61. The molecule has 1 aromatic carbocycles. The van der Waals surface area contributed by atoms with Crippen LogP contribution in [-0.2, 0) is 73.5 Å². The average molecular weight is 1320 g/mol. The van der Waals surface area contributed by atoms with Crippen LogP contribution in [0.2, 0.25) is 0 Å². The number of hydrogen-bond acceptors (Lipinski definition) is 19. The van der Waals surface area contributed by atoms with Crippen molar-refractivity contribution >= 4 is 82.8 Å². The normalized spacial score (nSPS) is 14.7. The highest BCUT2D eigenvalue weighted by atomic mass is 16.4. The van der Waals surface area contributed by atoms with Crippen LogP contribution >= 0.6 is 0 Å². The molecule has 0 saturated carbocycles. The average Bonchev–Trinajstić information content (AvgIpc) is 3.15. The fourth-order valence-electron chi connectivity index (χ4n) is 9.32. The fraction of sp³-hybridized carbons (Fsp3) is 0.667. The molecule has 0 fully saturated rings. The molecule has 0 aliphatic carbocycles. The third-order valence-electron chi connectivity index (χ3n) is 14.8. The lowest BCUT2D eigenvalue weighted by atomic mass is 9.96. The van der Waals surface area contributed by atoms with E-state index in [0.29, 0.717) is 37.8 Å². The van der Waals surface area contributed by atoms with Crippen molar-refractivity contribution in [1.82, 2.24) is 58.5 Å². The number of carboxylic acids is 2. The van der Waals surface area contributed by atoms with Gasteiger partial charge in [-0.2, -0.15) is 0 Å². The highest BCUT2D eigenvalue weighted by molar-refractivity contribution is 5.99. The quantitative estimate of drug-likeness (QED) is 0.0272. The lowest BCUT2D eigenvalue weighted by Gasteiger charge is -2.29. The Labute approximate surface area is 542 Å². The lowest BCUT2D eigenvalue weighted by molar-refractivity contribution is -0.143. The van der Waals surface area contributed by atoms with Gasteiger partial charge in [0.25, 0.3) is 0 Å². The van der Waals surface area contributed by atoms with Crippen molar-refractivity contribution in [3.05, 3.63) is 35.9 Å². The third kappa shape index (κ3) is 32.6. The van der Waals surface area contributed by atoms with E-state index in [-0.39, 0.29) is 76.9 Å². The minimum atomic E-state index is -1.75. The van der Waals surface area contributed by atoms with Gasteiger partial charge in [-0.25, -0.2) is 4.79 Å². The highest BCUT2D eigenvalue weighted by Gasteiger charge is 2.37. The second-order valence-corrected chi connectivity index (χ2v) is 23.4. The van der Waals surface area contributed by atoms with Crippen molar-refractivity contribution in [1.29, 1.82) is 0 Å². The second kappa shape index (κ2) is 45.0. The number of unbranched alkanes of at least 4 members (excludes halogenated alkanes) is 3. The van der Waals surface area contributed by atoms with Gasteiger partial charge in [0.05, 0.1) is 26.1 Å². The number of aliphatic hydroxyl groups excluding tert-OH is 1. The first-order valence-electron chi connectivity index (χ1n) is 31.4. The Bertz CT molecular complexity index is 2620. The Hall–Kier alpha value is -8.40. The van der Waals surface area contributed by atoms with Crippen LogP contribution in [0, 0.1) is 17.8 Å².